The van der Waals surface area contributed by atoms with Gasteiger partial charge in [-0.1, -0.05) is 232 Å². The quantitative estimate of drug-likeness (QED) is 0.0294. The molecule has 0 spiro atoms. The average molecular weight is 1050 g/mol. The molecule has 0 radical (unpaired) electrons. The summed E-state index contributed by atoms with van der Waals surface area (Å²) in [5.74, 6) is 0.964. The van der Waals surface area contributed by atoms with E-state index in [1.165, 1.54) is 215 Å². The number of anilines is 2. The van der Waals surface area contributed by atoms with Gasteiger partial charge in [-0.15, -0.1) is 34.0 Å². The van der Waals surface area contributed by atoms with Crippen molar-refractivity contribution >= 4 is 88.5 Å². The number of rotatable bonds is 37. The van der Waals surface area contributed by atoms with Crippen molar-refractivity contribution in [2.75, 3.05) is 22.9 Å². The van der Waals surface area contributed by atoms with Gasteiger partial charge in [-0.25, -0.2) is 0 Å². The molecule has 2 atom stereocenters. The summed E-state index contributed by atoms with van der Waals surface area (Å²) in [6.45, 7) is 15.0. The fraction of sp³-hybridized carbons (Fsp3) is 0.636. The van der Waals surface area contributed by atoms with Gasteiger partial charge in [0.15, 0.2) is 0 Å². The van der Waals surface area contributed by atoms with Crippen molar-refractivity contribution in [2.45, 2.75) is 247 Å². The number of nitrogens with zero attached hydrogens (tertiary/aromatic N) is 2. The second-order valence-corrected chi connectivity index (χ2v) is 26.0. The van der Waals surface area contributed by atoms with E-state index in [9.17, 15) is 0 Å². The standard InChI is InChI=1S/C66H96N2O2S3/c1-7-11-15-19-23-25-29-33-37-51(35-31-27-21-17-13-9-3)47-67-61-54-42-39-49(5)45-57(54)72-63(61)59(65(67)69)60-64-62(55-43-41-53(46-58(55)73-64)56-44-40-50(6)71-56)68(66(60)70)48-52(36-32-28-22-18-14-10-4)38-34-30-26-24-20-16-12-8-2/h39-46,51-52H,7-38,47-48H2,1-6H3/b60-59+. The van der Waals surface area contributed by atoms with E-state index in [1.807, 2.05) is 11.3 Å². The van der Waals surface area contributed by atoms with Crippen molar-refractivity contribution in [3.05, 3.63) is 68.7 Å². The molecule has 2 aliphatic rings. The van der Waals surface area contributed by atoms with Gasteiger partial charge >= 0.3 is 0 Å². The van der Waals surface area contributed by atoms with Gasteiger partial charge in [0.2, 0.25) is 0 Å². The Morgan fingerprint density at radius 1 is 0.411 bits per heavy atom. The van der Waals surface area contributed by atoms with Crippen LogP contribution in [0, 0.1) is 25.7 Å². The summed E-state index contributed by atoms with van der Waals surface area (Å²) in [7, 11) is 0. The predicted molar refractivity (Wildman–Crippen MR) is 325 cm³/mol. The van der Waals surface area contributed by atoms with Crippen molar-refractivity contribution in [3.8, 4) is 10.4 Å². The summed E-state index contributed by atoms with van der Waals surface area (Å²) >= 11 is 5.34. The molecule has 400 valence electrons. The first kappa shape index (κ1) is 57.4. The van der Waals surface area contributed by atoms with E-state index in [-0.39, 0.29) is 11.8 Å². The lowest BCUT2D eigenvalue weighted by Gasteiger charge is -2.25. The maximum Gasteiger partial charge on any atom is 0.260 e. The number of carbonyl (C=O) groups is 2. The Labute approximate surface area is 456 Å². The minimum absolute atomic E-state index is 0.0531. The highest BCUT2D eigenvalue weighted by Gasteiger charge is 2.46. The molecule has 2 aromatic carbocycles. The molecule has 3 aromatic heterocycles. The molecule has 2 unspecified atom stereocenters. The largest absolute Gasteiger partial charge is 0.306 e. The highest BCUT2D eigenvalue weighted by molar-refractivity contribution is 7.23. The summed E-state index contributed by atoms with van der Waals surface area (Å²) in [5.41, 5.74) is 5.93. The molecule has 4 nitrogen and oxygen atoms in total. The normalized spacial score (nSPS) is 15.5. The van der Waals surface area contributed by atoms with Gasteiger partial charge < -0.3 is 9.80 Å². The molecule has 0 N–H and O–H groups in total. The summed E-state index contributed by atoms with van der Waals surface area (Å²) in [6.07, 6.45) is 41.1. The number of unbranched alkanes of at least 4 members (excludes halogenated alkanes) is 24. The maximum atomic E-state index is 15.8. The monoisotopic (exact) mass is 1040 g/mol. The topological polar surface area (TPSA) is 40.6 Å². The lowest BCUT2D eigenvalue weighted by Crippen LogP contribution is -2.34. The number of fused-ring (bicyclic) bond motifs is 6. The summed E-state index contributed by atoms with van der Waals surface area (Å²) in [4.78, 5) is 40.6. The van der Waals surface area contributed by atoms with Crippen molar-refractivity contribution in [1.29, 1.82) is 0 Å². The fourth-order valence-electron chi connectivity index (χ4n) is 12.1. The average Bonchev–Trinajstić information content (AvgIpc) is 4.19. The van der Waals surface area contributed by atoms with E-state index in [4.69, 9.17) is 0 Å². The van der Waals surface area contributed by atoms with Crippen LogP contribution < -0.4 is 9.80 Å². The first-order chi connectivity index (χ1) is 35.8. The highest BCUT2D eigenvalue weighted by atomic mass is 32.1. The third kappa shape index (κ3) is 15.7. The summed E-state index contributed by atoms with van der Waals surface area (Å²) < 4.78 is 2.42. The molecular weight excluding hydrogens is 949 g/mol. The first-order valence-electron chi connectivity index (χ1n) is 30.3. The number of thiophene rings is 3. The zero-order chi connectivity index (χ0) is 51.4. The Morgan fingerprint density at radius 2 is 0.781 bits per heavy atom. The predicted octanol–water partition coefficient (Wildman–Crippen LogP) is 21.9. The Bertz CT molecular complexity index is 2500. The van der Waals surface area contributed by atoms with E-state index in [2.05, 4.69) is 99.9 Å². The molecule has 0 saturated heterocycles. The molecule has 2 amide bonds. The maximum absolute atomic E-state index is 15.8. The molecular formula is C66H96N2O2S3. The van der Waals surface area contributed by atoms with Crippen LogP contribution in [0.1, 0.15) is 253 Å². The van der Waals surface area contributed by atoms with Crippen LogP contribution in [0.15, 0.2) is 48.5 Å². The SMILES string of the molecule is CCCCCCCCCCC(CCCCCCCC)CN1C(=O)/C(=C2/C(=O)N(CC(CCCCCCCC)CCCCCCCCCC)c3c2sc2cc(-c4ccc(C)s4)ccc32)c2sc3cc(C)ccc3c21. The van der Waals surface area contributed by atoms with Crippen LogP contribution in [0.5, 0.6) is 0 Å². The van der Waals surface area contributed by atoms with E-state index in [0.29, 0.717) is 23.0 Å². The zero-order valence-electron chi connectivity index (χ0n) is 46.8. The second-order valence-electron chi connectivity index (χ2n) is 22.6. The fourth-order valence-corrected chi connectivity index (χ4v) is 15.6. The van der Waals surface area contributed by atoms with Crippen molar-refractivity contribution in [2.24, 2.45) is 11.8 Å². The molecule has 73 heavy (non-hydrogen) atoms. The second kappa shape index (κ2) is 30.5. The molecule has 0 saturated carbocycles. The Morgan fingerprint density at radius 3 is 1.16 bits per heavy atom. The smallest absolute Gasteiger partial charge is 0.260 e. The van der Waals surface area contributed by atoms with Gasteiger partial charge in [0.1, 0.15) is 0 Å². The van der Waals surface area contributed by atoms with E-state index < -0.39 is 0 Å². The van der Waals surface area contributed by atoms with Crippen LogP contribution in [0.2, 0.25) is 0 Å². The van der Waals surface area contributed by atoms with E-state index >= 15 is 9.59 Å². The third-order valence-electron chi connectivity index (χ3n) is 16.4. The van der Waals surface area contributed by atoms with Crippen molar-refractivity contribution < 1.29 is 9.59 Å². The van der Waals surface area contributed by atoms with Gasteiger partial charge in [-0.2, -0.15) is 0 Å². The number of amides is 2. The van der Waals surface area contributed by atoms with Gasteiger partial charge in [-0.3, -0.25) is 9.59 Å². The van der Waals surface area contributed by atoms with Crippen LogP contribution in [-0.2, 0) is 9.59 Å². The van der Waals surface area contributed by atoms with Crippen LogP contribution in [0.3, 0.4) is 0 Å². The number of hydrogen-bond donors (Lipinski definition) is 0. The molecule has 0 fully saturated rings. The minimum Gasteiger partial charge on any atom is -0.306 e. The van der Waals surface area contributed by atoms with Crippen LogP contribution >= 0.6 is 34.0 Å². The van der Waals surface area contributed by atoms with Gasteiger partial charge in [0.05, 0.1) is 32.3 Å². The summed E-state index contributed by atoms with van der Waals surface area (Å²) in [5, 5.41) is 2.32. The van der Waals surface area contributed by atoms with Crippen LogP contribution in [-0.4, -0.2) is 24.9 Å². The van der Waals surface area contributed by atoms with Gasteiger partial charge in [0.25, 0.3) is 11.8 Å². The Hall–Kier alpha value is -3.26. The molecule has 7 heteroatoms. The molecule has 5 aromatic rings. The number of aryl methyl sites for hydroxylation is 2. The summed E-state index contributed by atoms with van der Waals surface area (Å²) in [6, 6.07) is 18.2. The minimum atomic E-state index is 0.0531. The Kier molecular flexibility index (Phi) is 24.0. The lowest BCUT2D eigenvalue weighted by atomic mass is 9.93. The number of benzene rings is 2. The molecule has 5 heterocycles. The van der Waals surface area contributed by atoms with Crippen molar-refractivity contribution in [3.63, 3.8) is 0 Å². The lowest BCUT2D eigenvalue weighted by molar-refractivity contribution is -0.114. The number of carbonyl (C=O) groups excluding carboxylic acids is 2. The van der Waals surface area contributed by atoms with E-state index in [0.717, 1.165) is 65.3 Å². The molecule has 7 rings (SSSR count). The molecule has 0 bridgehead atoms. The highest BCUT2D eigenvalue weighted by Crippen LogP contribution is 2.56. The first-order valence-corrected chi connectivity index (χ1v) is 32.8. The zero-order valence-corrected chi connectivity index (χ0v) is 49.2. The van der Waals surface area contributed by atoms with Gasteiger partial charge in [-0.05, 0) is 86.8 Å². The number of hydrogen-bond acceptors (Lipinski definition) is 5. The molecule has 0 aliphatic carbocycles. The van der Waals surface area contributed by atoms with Gasteiger partial charge in [0, 0.05) is 43.0 Å². The van der Waals surface area contributed by atoms with E-state index in [1.54, 1.807) is 22.7 Å². The Balaban J connectivity index is 1.24. The van der Waals surface area contributed by atoms with Crippen LogP contribution in [0.25, 0.3) is 41.8 Å². The third-order valence-corrected chi connectivity index (χ3v) is 19.8. The van der Waals surface area contributed by atoms with Crippen molar-refractivity contribution in [1.82, 2.24) is 0 Å². The van der Waals surface area contributed by atoms with Crippen LogP contribution in [0.4, 0.5) is 11.4 Å². The molecule has 2 aliphatic heterocycles.